The van der Waals surface area contributed by atoms with E-state index in [1.165, 1.54) is 0 Å². The molecule has 23 heavy (non-hydrogen) atoms. The number of nitrogens with one attached hydrogen (secondary N) is 2. The zero-order valence-corrected chi connectivity index (χ0v) is 15.3. The maximum absolute atomic E-state index is 5.73. The Kier molecular flexibility index (Phi) is 6.80. The molecule has 1 aromatic heterocycles. The fourth-order valence-corrected chi connectivity index (χ4v) is 3.39. The molecular weight excluding hydrogens is 312 g/mol. The van der Waals surface area contributed by atoms with Gasteiger partial charge in [0.1, 0.15) is 5.01 Å². The molecule has 0 aliphatic carbocycles. The van der Waals surface area contributed by atoms with Gasteiger partial charge in [0.2, 0.25) is 0 Å². The largest absolute Gasteiger partial charge is 0.381 e. The van der Waals surface area contributed by atoms with Crippen molar-refractivity contribution in [1.29, 1.82) is 0 Å². The van der Waals surface area contributed by atoms with E-state index in [0.29, 0.717) is 12.5 Å². The molecule has 0 saturated carbocycles. The van der Waals surface area contributed by atoms with Crippen LogP contribution in [0.25, 0.3) is 0 Å². The van der Waals surface area contributed by atoms with Crippen LogP contribution in [0.3, 0.4) is 0 Å². The minimum Gasteiger partial charge on any atom is -0.381 e. The first kappa shape index (κ1) is 18.2. The van der Waals surface area contributed by atoms with Crippen LogP contribution < -0.4 is 10.6 Å². The summed E-state index contributed by atoms with van der Waals surface area (Å²) in [6, 6.07) is 0. The average molecular weight is 340 g/mol. The lowest BCUT2D eigenvalue weighted by Gasteiger charge is -2.36. The Morgan fingerprint density at radius 1 is 1.43 bits per heavy atom. The summed E-state index contributed by atoms with van der Waals surface area (Å²) in [7, 11) is 3.55. The number of methoxy groups -OCH3 is 1. The van der Waals surface area contributed by atoms with Crippen LogP contribution in [0.2, 0.25) is 0 Å². The maximum atomic E-state index is 5.73. The third-order valence-electron chi connectivity index (χ3n) is 4.21. The fourth-order valence-electron chi connectivity index (χ4n) is 2.49. The van der Waals surface area contributed by atoms with Crippen LogP contribution in [-0.2, 0) is 16.0 Å². The lowest BCUT2D eigenvalue weighted by atomic mass is 9.94. The molecule has 130 valence electrons. The maximum Gasteiger partial charge on any atom is 0.191 e. The van der Waals surface area contributed by atoms with Crippen molar-refractivity contribution in [3.8, 4) is 0 Å². The number of aliphatic imine (C=N–C) groups is 1. The molecule has 0 bridgehead atoms. The summed E-state index contributed by atoms with van der Waals surface area (Å²) in [5, 5.41) is 9.88. The van der Waals surface area contributed by atoms with Crippen molar-refractivity contribution in [2.45, 2.75) is 44.8 Å². The summed E-state index contributed by atoms with van der Waals surface area (Å²) in [6.45, 7) is 7.22. The molecule has 6 nitrogen and oxygen atoms in total. The second-order valence-electron chi connectivity index (χ2n) is 6.10. The van der Waals surface area contributed by atoms with Crippen LogP contribution >= 0.6 is 11.3 Å². The Balaban J connectivity index is 1.83. The molecule has 7 heteroatoms. The average Bonchev–Trinajstić information content (AvgIpc) is 3.05. The van der Waals surface area contributed by atoms with Gasteiger partial charge in [0.25, 0.3) is 0 Å². The third-order valence-corrected chi connectivity index (χ3v) is 5.07. The molecule has 0 amide bonds. The predicted octanol–water partition coefficient (Wildman–Crippen LogP) is 2.13. The van der Waals surface area contributed by atoms with Crippen LogP contribution in [0, 0.1) is 0 Å². The SMILES string of the molecule is CN=C(NCc1nc(C(C)C)cs1)NCC1(OC)CCOCC1. The molecule has 1 aliphatic rings. The van der Waals surface area contributed by atoms with Crippen molar-refractivity contribution in [3.05, 3.63) is 16.1 Å². The summed E-state index contributed by atoms with van der Waals surface area (Å²) in [5.41, 5.74) is 0.984. The molecule has 1 aromatic rings. The minimum atomic E-state index is -0.165. The molecule has 0 spiro atoms. The standard InChI is InChI=1S/C16H28N4O2S/c1-12(2)13-10-23-14(20-13)9-18-15(17-3)19-11-16(21-4)5-7-22-8-6-16/h10,12H,5-9,11H2,1-4H3,(H2,17,18,19). The van der Waals surface area contributed by atoms with E-state index < -0.39 is 0 Å². The van der Waals surface area contributed by atoms with E-state index in [-0.39, 0.29) is 5.60 Å². The number of hydrogen-bond acceptors (Lipinski definition) is 5. The van der Waals surface area contributed by atoms with Crippen LogP contribution in [0.4, 0.5) is 0 Å². The highest BCUT2D eigenvalue weighted by molar-refractivity contribution is 7.09. The summed E-state index contributed by atoms with van der Waals surface area (Å²) >= 11 is 1.68. The van der Waals surface area contributed by atoms with Gasteiger partial charge in [-0.05, 0) is 5.92 Å². The number of rotatable bonds is 6. The second-order valence-corrected chi connectivity index (χ2v) is 7.04. The number of guanidine groups is 1. The Labute approximate surface area is 142 Å². The lowest BCUT2D eigenvalue weighted by Crippen LogP contribution is -2.50. The first-order valence-electron chi connectivity index (χ1n) is 8.10. The van der Waals surface area contributed by atoms with Crippen molar-refractivity contribution in [2.75, 3.05) is 33.9 Å². The fraction of sp³-hybridized carbons (Fsp3) is 0.750. The van der Waals surface area contributed by atoms with E-state index >= 15 is 0 Å². The Hall–Kier alpha value is -1.18. The van der Waals surface area contributed by atoms with Gasteiger partial charge in [0.15, 0.2) is 5.96 Å². The lowest BCUT2D eigenvalue weighted by molar-refractivity contribution is -0.0855. The molecule has 1 saturated heterocycles. The van der Waals surface area contributed by atoms with E-state index in [1.807, 2.05) is 0 Å². The molecule has 2 heterocycles. The molecule has 1 aliphatic heterocycles. The normalized spacial score (nSPS) is 18.2. The minimum absolute atomic E-state index is 0.165. The highest BCUT2D eigenvalue weighted by Crippen LogP contribution is 2.23. The summed E-state index contributed by atoms with van der Waals surface area (Å²) in [4.78, 5) is 8.91. The Morgan fingerprint density at radius 3 is 2.74 bits per heavy atom. The summed E-state index contributed by atoms with van der Waals surface area (Å²) in [6.07, 6.45) is 1.80. The quantitative estimate of drug-likeness (QED) is 0.613. The monoisotopic (exact) mass is 340 g/mol. The van der Waals surface area contributed by atoms with Gasteiger partial charge in [-0.2, -0.15) is 0 Å². The van der Waals surface area contributed by atoms with Crippen molar-refractivity contribution in [3.63, 3.8) is 0 Å². The molecule has 2 rings (SSSR count). The van der Waals surface area contributed by atoms with E-state index in [4.69, 9.17) is 9.47 Å². The highest BCUT2D eigenvalue weighted by Gasteiger charge is 2.32. The number of thiazole rings is 1. The Morgan fingerprint density at radius 2 is 2.17 bits per heavy atom. The van der Waals surface area contributed by atoms with Crippen molar-refractivity contribution in [2.24, 2.45) is 4.99 Å². The summed E-state index contributed by atoms with van der Waals surface area (Å²) < 4.78 is 11.2. The highest BCUT2D eigenvalue weighted by atomic mass is 32.1. The number of hydrogen-bond donors (Lipinski definition) is 2. The topological polar surface area (TPSA) is 67.8 Å². The van der Waals surface area contributed by atoms with Gasteiger partial charge in [-0.15, -0.1) is 11.3 Å². The zero-order valence-electron chi connectivity index (χ0n) is 14.5. The van der Waals surface area contributed by atoms with E-state index in [2.05, 4.69) is 39.8 Å². The number of nitrogens with zero attached hydrogens (tertiary/aromatic N) is 2. The third kappa shape index (κ3) is 5.16. The van der Waals surface area contributed by atoms with Crippen molar-refractivity contribution < 1.29 is 9.47 Å². The Bertz CT molecular complexity index is 510. The van der Waals surface area contributed by atoms with Gasteiger partial charge in [-0.25, -0.2) is 4.98 Å². The first-order valence-corrected chi connectivity index (χ1v) is 8.98. The van der Waals surface area contributed by atoms with Gasteiger partial charge in [-0.3, -0.25) is 4.99 Å². The first-order chi connectivity index (χ1) is 11.1. The molecule has 1 fully saturated rings. The van der Waals surface area contributed by atoms with Gasteiger partial charge in [-0.1, -0.05) is 13.8 Å². The van der Waals surface area contributed by atoms with Crippen LogP contribution in [0.15, 0.2) is 10.4 Å². The van der Waals surface area contributed by atoms with Gasteiger partial charge < -0.3 is 20.1 Å². The molecule has 0 atom stereocenters. The van der Waals surface area contributed by atoms with Gasteiger partial charge in [0.05, 0.1) is 17.8 Å². The van der Waals surface area contributed by atoms with Crippen molar-refractivity contribution >= 4 is 17.3 Å². The van der Waals surface area contributed by atoms with Crippen LogP contribution in [-0.4, -0.2) is 50.5 Å². The van der Waals surface area contributed by atoms with E-state index in [1.54, 1.807) is 25.5 Å². The van der Waals surface area contributed by atoms with E-state index in [9.17, 15) is 0 Å². The van der Waals surface area contributed by atoms with Crippen molar-refractivity contribution in [1.82, 2.24) is 15.6 Å². The summed E-state index contributed by atoms with van der Waals surface area (Å²) in [5.74, 6) is 1.24. The molecule has 0 unspecified atom stereocenters. The molecule has 2 N–H and O–H groups in total. The molecule has 0 radical (unpaired) electrons. The smallest absolute Gasteiger partial charge is 0.191 e. The predicted molar refractivity (Wildman–Crippen MR) is 94.2 cm³/mol. The van der Waals surface area contributed by atoms with Gasteiger partial charge >= 0.3 is 0 Å². The molecular formula is C16H28N4O2S. The van der Waals surface area contributed by atoms with E-state index in [0.717, 1.165) is 49.3 Å². The number of aromatic nitrogens is 1. The van der Waals surface area contributed by atoms with Crippen LogP contribution in [0.1, 0.15) is 43.3 Å². The second kappa shape index (κ2) is 8.61. The van der Waals surface area contributed by atoms with Crippen LogP contribution in [0.5, 0.6) is 0 Å². The molecule has 0 aromatic carbocycles. The number of ether oxygens (including phenoxy) is 2. The zero-order chi connectivity index (χ0) is 16.7. The van der Waals surface area contributed by atoms with Gasteiger partial charge in [0, 0.05) is 52.1 Å².